The van der Waals surface area contributed by atoms with Gasteiger partial charge in [0.05, 0.1) is 6.61 Å². The second kappa shape index (κ2) is 10.8. The zero-order valence-electron chi connectivity index (χ0n) is 22.0. The van der Waals surface area contributed by atoms with Crippen LogP contribution in [0, 0.1) is 6.92 Å². The number of carbonyl (C=O) groups is 1. The molecule has 2 aromatic rings. The van der Waals surface area contributed by atoms with Crippen molar-refractivity contribution in [1.82, 2.24) is 0 Å². The van der Waals surface area contributed by atoms with Crippen LogP contribution < -0.4 is 4.74 Å². The largest absolute Gasteiger partial charge is 0.492 e. The summed E-state index contributed by atoms with van der Waals surface area (Å²) in [5.74, 6) is -0.170. The molecule has 0 amide bonds. The van der Waals surface area contributed by atoms with Crippen molar-refractivity contribution >= 4 is 12.0 Å². The van der Waals surface area contributed by atoms with E-state index in [0.29, 0.717) is 6.61 Å². The highest BCUT2D eigenvalue weighted by molar-refractivity contribution is 5.87. The van der Waals surface area contributed by atoms with E-state index in [1.165, 1.54) is 54.0 Å². The first-order valence-electron chi connectivity index (χ1n) is 12.9. The van der Waals surface area contributed by atoms with Gasteiger partial charge in [-0.25, -0.2) is 4.79 Å². The van der Waals surface area contributed by atoms with Gasteiger partial charge in [-0.3, -0.25) is 0 Å². The number of aliphatic carboxylic acids is 1. The highest BCUT2D eigenvalue weighted by atomic mass is 16.5. The summed E-state index contributed by atoms with van der Waals surface area (Å²) in [6.45, 7) is 14.4. The van der Waals surface area contributed by atoms with Gasteiger partial charge < -0.3 is 9.84 Å². The Morgan fingerprint density at radius 2 is 1.62 bits per heavy atom. The van der Waals surface area contributed by atoms with Crippen molar-refractivity contribution in [3.8, 4) is 16.9 Å². The molecule has 0 atom stereocenters. The maximum atomic E-state index is 11.2. The molecule has 0 heterocycles. The second-order valence-electron chi connectivity index (χ2n) is 11.1. The van der Waals surface area contributed by atoms with E-state index in [1.54, 1.807) is 6.08 Å². The number of para-hydroxylation sites is 1. The van der Waals surface area contributed by atoms with Crippen LogP contribution in [0.4, 0.5) is 0 Å². The van der Waals surface area contributed by atoms with E-state index in [9.17, 15) is 9.90 Å². The molecule has 0 fully saturated rings. The molecule has 0 unspecified atom stereocenters. The molecule has 0 aromatic heterocycles. The average Bonchev–Trinajstić information content (AvgIpc) is 2.78. The smallest absolute Gasteiger partial charge is 0.328 e. The average molecular weight is 463 g/mol. The minimum Gasteiger partial charge on any atom is -0.492 e. The third kappa shape index (κ3) is 5.92. The van der Waals surface area contributed by atoms with Crippen molar-refractivity contribution < 1.29 is 14.6 Å². The Hall–Kier alpha value is -2.55. The van der Waals surface area contributed by atoms with Crippen molar-refractivity contribution in [3.05, 3.63) is 58.7 Å². The van der Waals surface area contributed by atoms with Crippen LogP contribution in [-0.4, -0.2) is 17.7 Å². The fraction of sp³-hybridized carbons (Fsp3) is 0.516. The van der Waals surface area contributed by atoms with E-state index in [4.69, 9.17) is 4.74 Å². The van der Waals surface area contributed by atoms with Crippen LogP contribution in [0.2, 0.25) is 0 Å². The Bertz CT molecular complexity index is 1040. The quantitative estimate of drug-likeness (QED) is 0.284. The van der Waals surface area contributed by atoms with Gasteiger partial charge in [-0.1, -0.05) is 84.6 Å². The minimum absolute atomic E-state index is 0.119. The highest BCUT2D eigenvalue weighted by Gasteiger charge is 2.37. The van der Waals surface area contributed by atoms with Crippen LogP contribution in [0.5, 0.6) is 5.75 Å². The number of unbranched alkanes of at least 4 members (excludes halogenated alkanes) is 4. The van der Waals surface area contributed by atoms with Crippen LogP contribution in [0.1, 0.15) is 102 Å². The third-order valence-corrected chi connectivity index (χ3v) is 7.43. The van der Waals surface area contributed by atoms with E-state index in [1.807, 2.05) is 12.1 Å². The van der Waals surface area contributed by atoms with Crippen molar-refractivity contribution in [2.24, 2.45) is 0 Å². The minimum atomic E-state index is -0.954. The lowest BCUT2D eigenvalue weighted by molar-refractivity contribution is -0.131. The number of ether oxygens (including phenoxy) is 1. The zero-order chi connectivity index (χ0) is 24.9. The Morgan fingerprint density at radius 3 is 2.26 bits per heavy atom. The Morgan fingerprint density at radius 1 is 0.971 bits per heavy atom. The van der Waals surface area contributed by atoms with Gasteiger partial charge in [0, 0.05) is 17.2 Å². The molecule has 3 rings (SSSR count). The van der Waals surface area contributed by atoms with Crippen LogP contribution in [0.25, 0.3) is 17.2 Å². The standard InChI is InChI=1S/C31H42O3/c1-7-8-9-10-11-19-34-29-23(15-16-28(32)33)13-12-14-24(29)25-21-27-26(20-22(25)2)30(3,4)17-18-31(27,5)6/h12-16,20-21H,7-11,17-19H2,1-6H3,(H,32,33). The highest BCUT2D eigenvalue weighted by Crippen LogP contribution is 2.48. The molecule has 0 bridgehead atoms. The van der Waals surface area contributed by atoms with Crippen molar-refractivity contribution in [3.63, 3.8) is 0 Å². The van der Waals surface area contributed by atoms with Gasteiger partial charge >= 0.3 is 5.97 Å². The fourth-order valence-electron chi connectivity index (χ4n) is 5.11. The number of aryl methyl sites for hydroxylation is 1. The van der Waals surface area contributed by atoms with Gasteiger partial charge in [0.25, 0.3) is 0 Å². The van der Waals surface area contributed by atoms with E-state index >= 15 is 0 Å². The maximum absolute atomic E-state index is 11.2. The number of fused-ring (bicyclic) bond motifs is 1. The lowest BCUT2D eigenvalue weighted by atomic mass is 9.62. The van der Waals surface area contributed by atoms with Gasteiger partial charge in [0.2, 0.25) is 0 Å². The van der Waals surface area contributed by atoms with Crippen LogP contribution in [0.3, 0.4) is 0 Å². The number of carboxylic acid groups (broad SMARTS) is 1. The predicted molar refractivity (Wildman–Crippen MR) is 143 cm³/mol. The van der Waals surface area contributed by atoms with Gasteiger partial charge in [-0.05, 0) is 71.4 Å². The Labute approximate surface area is 206 Å². The molecule has 1 N–H and O–H groups in total. The summed E-state index contributed by atoms with van der Waals surface area (Å²) in [4.78, 5) is 11.2. The molecule has 2 aromatic carbocycles. The van der Waals surface area contributed by atoms with Gasteiger partial charge in [-0.2, -0.15) is 0 Å². The van der Waals surface area contributed by atoms with E-state index in [0.717, 1.165) is 36.1 Å². The lowest BCUT2D eigenvalue weighted by Gasteiger charge is -2.42. The topological polar surface area (TPSA) is 46.5 Å². The Balaban J connectivity index is 2.06. The molecule has 0 saturated carbocycles. The molecule has 0 spiro atoms. The van der Waals surface area contributed by atoms with Crippen LogP contribution in [0.15, 0.2) is 36.4 Å². The summed E-state index contributed by atoms with van der Waals surface area (Å²) in [6.07, 6.45) is 11.0. The predicted octanol–water partition coefficient (Wildman–Crippen LogP) is 8.46. The molecule has 3 nitrogen and oxygen atoms in total. The van der Waals surface area contributed by atoms with Gasteiger partial charge in [0.15, 0.2) is 0 Å². The molecule has 1 aliphatic rings. The second-order valence-corrected chi connectivity index (χ2v) is 11.1. The van der Waals surface area contributed by atoms with Gasteiger partial charge in [-0.15, -0.1) is 0 Å². The van der Waals surface area contributed by atoms with E-state index in [2.05, 4.69) is 59.7 Å². The number of benzene rings is 2. The van der Waals surface area contributed by atoms with Crippen LogP contribution in [-0.2, 0) is 15.6 Å². The first kappa shape index (κ1) is 26.1. The van der Waals surface area contributed by atoms with Crippen molar-refractivity contribution in [2.45, 2.75) is 97.3 Å². The zero-order valence-corrected chi connectivity index (χ0v) is 22.0. The van der Waals surface area contributed by atoms with Crippen molar-refractivity contribution in [1.29, 1.82) is 0 Å². The molecule has 3 heteroatoms. The third-order valence-electron chi connectivity index (χ3n) is 7.43. The van der Waals surface area contributed by atoms with E-state index in [-0.39, 0.29) is 10.8 Å². The first-order chi connectivity index (χ1) is 16.1. The molecular formula is C31H42O3. The summed E-state index contributed by atoms with van der Waals surface area (Å²) in [5, 5.41) is 9.20. The first-order valence-corrected chi connectivity index (χ1v) is 12.9. The lowest BCUT2D eigenvalue weighted by Crippen LogP contribution is -2.34. The molecule has 184 valence electrons. The number of hydrogen-bond acceptors (Lipinski definition) is 2. The normalized spacial score (nSPS) is 16.4. The summed E-state index contributed by atoms with van der Waals surface area (Å²) in [5.41, 5.74) is 7.41. The SMILES string of the molecule is CCCCCCCOc1c(C=CC(=O)O)cccc1-c1cc2c(cc1C)C(C)(C)CCC2(C)C. The summed E-state index contributed by atoms with van der Waals surface area (Å²) >= 11 is 0. The molecule has 0 aliphatic heterocycles. The van der Waals surface area contributed by atoms with Gasteiger partial charge in [0.1, 0.15) is 5.75 Å². The van der Waals surface area contributed by atoms with Crippen molar-refractivity contribution in [2.75, 3.05) is 6.61 Å². The summed E-state index contributed by atoms with van der Waals surface area (Å²) in [7, 11) is 0. The molecular weight excluding hydrogens is 420 g/mol. The molecule has 1 aliphatic carbocycles. The molecule has 0 saturated heterocycles. The fourth-order valence-corrected chi connectivity index (χ4v) is 5.11. The van der Waals surface area contributed by atoms with E-state index < -0.39 is 5.97 Å². The van der Waals surface area contributed by atoms with Crippen LogP contribution >= 0.6 is 0 Å². The number of hydrogen-bond donors (Lipinski definition) is 1. The monoisotopic (exact) mass is 462 g/mol. The number of carboxylic acids is 1. The maximum Gasteiger partial charge on any atom is 0.328 e. The molecule has 0 radical (unpaired) electrons. The molecule has 34 heavy (non-hydrogen) atoms. The Kier molecular flexibility index (Phi) is 8.28. The number of rotatable bonds is 10. The summed E-state index contributed by atoms with van der Waals surface area (Å²) < 4.78 is 6.38. The summed E-state index contributed by atoms with van der Waals surface area (Å²) in [6, 6.07) is 10.8.